The molecule has 0 saturated heterocycles. The third-order valence-electron chi connectivity index (χ3n) is 10.2. The predicted molar refractivity (Wildman–Crippen MR) is 247 cm³/mol. The topological polar surface area (TPSA) is 221 Å². The molecular formula is C47H62F2N6O11S. The van der Waals surface area contributed by atoms with Gasteiger partial charge in [-0.05, 0) is 48.2 Å². The maximum atomic E-state index is 15.1. The Bertz CT molecular complexity index is 2120. The summed E-state index contributed by atoms with van der Waals surface area (Å²) in [5, 5.41) is 15.0. The van der Waals surface area contributed by atoms with E-state index in [0.717, 1.165) is 52.6 Å². The first-order valence-corrected chi connectivity index (χ1v) is 23.1. The normalized spacial score (nSPS) is 13.5. The molecule has 2 heterocycles. The maximum absolute atomic E-state index is 15.1. The summed E-state index contributed by atoms with van der Waals surface area (Å²) in [5.74, 6) is -4.95. The minimum absolute atomic E-state index is 0.0248. The van der Waals surface area contributed by atoms with Gasteiger partial charge in [-0.1, -0.05) is 51.1 Å². The molecule has 5 N–H and O–H groups in total. The Morgan fingerprint density at radius 3 is 2.09 bits per heavy atom. The van der Waals surface area contributed by atoms with E-state index in [2.05, 4.69) is 10.6 Å². The number of carboxylic acids is 1. The van der Waals surface area contributed by atoms with Crippen molar-refractivity contribution in [3.05, 3.63) is 95.8 Å². The first kappa shape index (κ1) is 54.1. The molecule has 0 saturated carbocycles. The molecule has 0 unspecified atom stereocenters. The number of aliphatic carboxylic acids is 1. The van der Waals surface area contributed by atoms with Gasteiger partial charge in [-0.25, -0.2) is 13.6 Å². The number of aromatic nitrogens is 1. The lowest BCUT2D eigenvalue weighted by atomic mass is 9.83. The number of nitrogens with one attached hydrogen (secondary N) is 2. The zero-order valence-corrected chi connectivity index (χ0v) is 39.0. The second-order valence-corrected chi connectivity index (χ2v) is 17.5. The lowest BCUT2D eigenvalue weighted by Crippen LogP contribution is -2.45. The second-order valence-electron chi connectivity index (χ2n) is 16.5. The summed E-state index contributed by atoms with van der Waals surface area (Å²) in [7, 11) is 0. The van der Waals surface area contributed by atoms with Crippen LogP contribution in [0.2, 0.25) is 0 Å². The van der Waals surface area contributed by atoms with Crippen LogP contribution in [0.3, 0.4) is 0 Å². The summed E-state index contributed by atoms with van der Waals surface area (Å²) in [6.07, 6.45) is 4.36. The Morgan fingerprint density at radius 2 is 1.48 bits per heavy atom. The molecule has 2 aromatic carbocycles. The molecule has 0 bridgehead atoms. The van der Waals surface area contributed by atoms with Crippen molar-refractivity contribution < 1.29 is 61.6 Å². The predicted octanol–water partition coefficient (Wildman–Crippen LogP) is 3.55. The van der Waals surface area contributed by atoms with Crippen LogP contribution in [-0.4, -0.2) is 152 Å². The first-order chi connectivity index (χ1) is 32.1. The molecule has 1 aliphatic rings. The van der Waals surface area contributed by atoms with Gasteiger partial charge in [0.1, 0.15) is 24.2 Å². The van der Waals surface area contributed by atoms with E-state index < -0.39 is 58.7 Å². The first-order valence-electron chi connectivity index (χ1n) is 22.0. The minimum Gasteiger partial charge on any atom is -0.480 e. The Kier molecular flexibility index (Phi) is 22.6. The number of benzene rings is 2. The van der Waals surface area contributed by atoms with Crippen molar-refractivity contribution in [2.75, 3.05) is 90.5 Å². The molecule has 366 valence electrons. The van der Waals surface area contributed by atoms with E-state index in [1.54, 1.807) is 17.2 Å². The van der Waals surface area contributed by atoms with Gasteiger partial charge in [-0.2, -0.15) is 0 Å². The van der Waals surface area contributed by atoms with Crippen molar-refractivity contribution in [2.24, 2.45) is 11.1 Å². The Labute approximate surface area is 393 Å². The molecule has 67 heavy (non-hydrogen) atoms. The van der Waals surface area contributed by atoms with Crippen LogP contribution in [0.15, 0.2) is 72.9 Å². The minimum atomic E-state index is -1.27. The van der Waals surface area contributed by atoms with Gasteiger partial charge in [-0.15, -0.1) is 11.8 Å². The van der Waals surface area contributed by atoms with E-state index in [9.17, 15) is 38.3 Å². The number of hydrogen-bond acceptors (Lipinski definition) is 12. The fourth-order valence-electron chi connectivity index (χ4n) is 7.04. The van der Waals surface area contributed by atoms with Crippen molar-refractivity contribution in [2.45, 2.75) is 52.2 Å². The van der Waals surface area contributed by atoms with Crippen LogP contribution in [0.5, 0.6) is 0 Å². The highest BCUT2D eigenvalue weighted by Crippen LogP contribution is 2.41. The number of nitrogens with two attached hydrogens (primary N) is 1. The van der Waals surface area contributed by atoms with Crippen LogP contribution in [0.1, 0.15) is 50.9 Å². The Balaban J connectivity index is 1.18. The summed E-state index contributed by atoms with van der Waals surface area (Å²) >= 11 is 1.08. The molecule has 0 spiro atoms. The van der Waals surface area contributed by atoms with Crippen molar-refractivity contribution in [3.63, 3.8) is 0 Å². The monoisotopic (exact) mass is 956 g/mol. The number of carboxylic acid groups (broad SMARTS) is 1. The van der Waals surface area contributed by atoms with Gasteiger partial charge in [0.25, 0.3) is 11.8 Å². The number of carbonyl (C=O) groups is 6. The van der Waals surface area contributed by atoms with Crippen LogP contribution < -0.4 is 16.4 Å². The second kappa shape index (κ2) is 28.0. The third-order valence-corrected chi connectivity index (χ3v) is 11.2. The highest BCUT2D eigenvalue weighted by Gasteiger charge is 2.37. The zero-order valence-electron chi connectivity index (χ0n) is 38.2. The number of amides is 5. The van der Waals surface area contributed by atoms with E-state index in [0.29, 0.717) is 44.0 Å². The maximum Gasteiger partial charge on any atom is 0.327 e. The van der Waals surface area contributed by atoms with Crippen molar-refractivity contribution in [1.29, 1.82) is 0 Å². The SMILES string of the molecule is CC(C)(C)[C@H](c1cc(-c2cc(F)ccc2F)cn1Cc1ccccc1)N(CCCN)C(=O)CSC[C@H](NC(=O)CCOCCOCCOCCOCCNC(=O)CN1C(=O)C=CC1=O)C(=O)O. The highest BCUT2D eigenvalue weighted by atomic mass is 32.2. The number of thioether (sulfide) groups is 1. The molecule has 2 atom stereocenters. The van der Waals surface area contributed by atoms with E-state index in [-0.39, 0.29) is 88.7 Å². The number of carbonyl (C=O) groups excluding carboxylic acids is 5. The average Bonchev–Trinajstić information content (AvgIpc) is 3.83. The molecule has 5 amide bonds. The van der Waals surface area contributed by atoms with Gasteiger partial charge in [0.15, 0.2) is 0 Å². The fourth-order valence-corrected chi connectivity index (χ4v) is 7.96. The van der Waals surface area contributed by atoms with Crippen LogP contribution in [0.25, 0.3) is 11.1 Å². The Morgan fingerprint density at radius 1 is 0.851 bits per heavy atom. The van der Waals surface area contributed by atoms with Crippen molar-refractivity contribution in [3.8, 4) is 11.1 Å². The van der Waals surface area contributed by atoms with Crippen LogP contribution in [-0.2, 0) is 54.3 Å². The van der Waals surface area contributed by atoms with E-state index in [4.69, 9.17) is 24.7 Å². The van der Waals surface area contributed by atoms with Gasteiger partial charge < -0.3 is 49.9 Å². The molecule has 17 nitrogen and oxygen atoms in total. The largest absolute Gasteiger partial charge is 0.480 e. The number of ether oxygens (including phenoxy) is 4. The van der Waals surface area contributed by atoms with Gasteiger partial charge in [0.2, 0.25) is 17.7 Å². The molecule has 20 heteroatoms. The van der Waals surface area contributed by atoms with Crippen LogP contribution in [0, 0.1) is 17.0 Å². The molecule has 4 rings (SSSR count). The van der Waals surface area contributed by atoms with Gasteiger partial charge in [0, 0.05) is 67.0 Å². The smallest absolute Gasteiger partial charge is 0.327 e. The Hall–Kier alpha value is -5.51. The van der Waals surface area contributed by atoms with E-state index in [1.807, 2.05) is 55.7 Å². The molecule has 0 radical (unpaired) electrons. The van der Waals surface area contributed by atoms with E-state index in [1.165, 1.54) is 0 Å². The molecule has 0 aliphatic carbocycles. The molecule has 3 aromatic rings. The summed E-state index contributed by atoms with van der Waals surface area (Å²) < 4.78 is 53.2. The average molecular weight is 957 g/mol. The number of halogens is 2. The summed E-state index contributed by atoms with van der Waals surface area (Å²) in [6.45, 7) is 8.61. The zero-order chi connectivity index (χ0) is 48.8. The molecule has 0 fully saturated rings. The van der Waals surface area contributed by atoms with Crippen LogP contribution in [0.4, 0.5) is 8.78 Å². The molecule has 1 aromatic heterocycles. The standard InChI is InChI=1S/C47H62F2N6O11S/c1-47(2,3)45(39-26-34(36-27-35(48)10-11-37(36)49)29-53(39)28-33-8-5-4-6-9-33)54(17-7-15-50)44(60)32-67-31-38(46(61)62)52-40(56)14-18-63-20-22-65-24-25-66-23-21-64-19-16-51-41(57)30-55-42(58)12-13-43(55)59/h4-6,8-13,26-27,29,38,45H,7,14-25,28,30-32,50H2,1-3H3,(H,51,57)(H,52,56)(H,61,62)/t38-,45-/m0/s1. The summed E-state index contributed by atoms with van der Waals surface area (Å²) in [4.78, 5) is 76.5. The van der Waals surface area contributed by atoms with Crippen molar-refractivity contribution >= 4 is 47.3 Å². The number of nitrogens with zero attached hydrogens (tertiary/aromatic N) is 3. The van der Waals surface area contributed by atoms with Crippen molar-refractivity contribution in [1.82, 2.24) is 25.0 Å². The number of hydrogen-bond donors (Lipinski definition) is 4. The summed E-state index contributed by atoms with van der Waals surface area (Å²) in [6, 6.07) is 12.9. The van der Waals surface area contributed by atoms with Gasteiger partial charge >= 0.3 is 5.97 Å². The van der Waals surface area contributed by atoms with Crippen LogP contribution >= 0.6 is 11.8 Å². The number of imide groups is 1. The highest BCUT2D eigenvalue weighted by molar-refractivity contribution is 8.00. The molecule has 1 aliphatic heterocycles. The van der Waals surface area contributed by atoms with Gasteiger partial charge in [-0.3, -0.25) is 28.9 Å². The number of rotatable bonds is 31. The van der Waals surface area contributed by atoms with E-state index >= 15 is 4.39 Å². The molecular weight excluding hydrogens is 895 g/mol. The fraction of sp³-hybridized carbons (Fsp3) is 0.489. The summed E-state index contributed by atoms with van der Waals surface area (Å²) in [5.41, 5.74) is 7.58. The third kappa shape index (κ3) is 18.2. The lowest BCUT2D eigenvalue weighted by molar-refractivity contribution is -0.141. The van der Waals surface area contributed by atoms with Gasteiger partial charge in [0.05, 0.1) is 64.6 Å². The lowest BCUT2D eigenvalue weighted by Gasteiger charge is -2.41. The quantitative estimate of drug-likeness (QED) is 0.0537.